The number of carbonyl (C=O) groups is 2. The minimum Gasteiger partial charge on any atom is -0.368 e. The Labute approximate surface area is 137 Å². The fourth-order valence-corrected chi connectivity index (χ4v) is 2.48. The van der Waals surface area contributed by atoms with Gasteiger partial charge < -0.3 is 11.1 Å². The first-order valence-electron chi connectivity index (χ1n) is 7.53. The van der Waals surface area contributed by atoms with Crippen molar-refractivity contribution in [2.45, 2.75) is 39.2 Å². The molecule has 0 bridgehead atoms. The fourth-order valence-electron chi connectivity index (χ4n) is 2.22. The van der Waals surface area contributed by atoms with Crippen LogP contribution in [0.5, 0.6) is 0 Å². The van der Waals surface area contributed by atoms with Crippen LogP contribution in [0, 0.1) is 11.8 Å². The van der Waals surface area contributed by atoms with Gasteiger partial charge in [-0.15, -0.1) is 0 Å². The lowest BCUT2D eigenvalue weighted by atomic mass is 9.98. The van der Waals surface area contributed by atoms with Crippen LogP contribution in [-0.2, 0) is 16.0 Å². The number of hydrogen-bond donors (Lipinski definition) is 2. The van der Waals surface area contributed by atoms with Gasteiger partial charge in [0.15, 0.2) is 0 Å². The van der Waals surface area contributed by atoms with Crippen molar-refractivity contribution in [2.75, 3.05) is 0 Å². The topological polar surface area (TPSA) is 72.2 Å². The first kappa shape index (κ1) is 18.3. The molecular formula is C17H24N2O2S. The minimum atomic E-state index is -0.637. The summed E-state index contributed by atoms with van der Waals surface area (Å²) in [6.45, 7) is 3.96. The van der Waals surface area contributed by atoms with Gasteiger partial charge in [0, 0.05) is 0 Å². The second-order valence-electron chi connectivity index (χ2n) is 5.86. The van der Waals surface area contributed by atoms with E-state index in [-0.39, 0.29) is 11.8 Å². The summed E-state index contributed by atoms with van der Waals surface area (Å²) in [5.74, 6) is -0.860. The van der Waals surface area contributed by atoms with Gasteiger partial charge in [-0.2, -0.15) is 0 Å². The van der Waals surface area contributed by atoms with Gasteiger partial charge in [-0.3, -0.25) is 9.59 Å². The van der Waals surface area contributed by atoms with Crippen molar-refractivity contribution < 1.29 is 9.59 Å². The van der Waals surface area contributed by atoms with E-state index in [1.807, 2.05) is 44.2 Å². The highest BCUT2D eigenvalue weighted by molar-refractivity contribution is 7.79. The molecule has 0 heterocycles. The summed E-state index contributed by atoms with van der Waals surface area (Å²) in [4.78, 5) is 23.7. The predicted octanol–water partition coefficient (Wildman–Crippen LogP) is 2.25. The first-order chi connectivity index (χ1) is 10.4. The standard InChI is InChI=1S/C17H24N2O2S/c1-12(2)10-15(16(18)20)19-17(21)14(11-22)9-8-13-6-4-3-5-7-13/h3-7,11-12,14-15H,8-10H2,1-2H3,(H2,18,20)(H,19,21)/t14?,15-/m0/s1. The van der Waals surface area contributed by atoms with Gasteiger partial charge in [0.05, 0.1) is 5.92 Å². The van der Waals surface area contributed by atoms with Crippen LogP contribution in [0.1, 0.15) is 32.3 Å². The van der Waals surface area contributed by atoms with Gasteiger partial charge in [0.2, 0.25) is 11.8 Å². The summed E-state index contributed by atoms with van der Waals surface area (Å²) in [5, 5.41) is 4.19. The van der Waals surface area contributed by atoms with Crippen LogP contribution in [0.25, 0.3) is 0 Å². The zero-order valence-corrected chi connectivity index (χ0v) is 13.9. The lowest BCUT2D eigenvalue weighted by Crippen LogP contribution is -2.47. The summed E-state index contributed by atoms with van der Waals surface area (Å²) >= 11 is 4.97. The Bertz CT molecular complexity index is 503. The Hall–Kier alpha value is -1.75. The van der Waals surface area contributed by atoms with E-state index in [0.717, 1.165) is 12.0 Å². The second-order valence-corrected chi connectivity index (χ2v) is 6.13. The Morgan fingerprint density at radius 1 is 1.27 bits per heavy atom. The number of primary amides is 1. The van der Waals surface area contributed by atoms with E-state index in [1.165, 1.54) is 5.37 Å². The van der Waals surface area contributed by atoms with Crippen LogP contribution in [-0.4, -0.2) is 23.2 Å². The molecular weight excluding hydrogens is 296 g/mol. The summed E-state index contributed by atoms with van der Waals surface area (Å²) in [7, 11) is 0. The van der Waals surface area contributed by atoms with Crippen molar-refractivity contribution >= 4 is 29.4 Å². The molecule has 0 radical (unpaired) electrons. The summed E-state index contributed by atoms with van der Waals surface area (Å²) in [5.41, 5.74) is 6.51. The molecule has 2 amide bonds. The highest BCUT2D eigenvalue weighted by atomic mass is 32.1. The van der Waals surface area contributed by atoms with Crippen LogP contribution in [0.4, 0.5) is 0 Å². The molecule has 1 unspecified atom stereocenters. The predicted molar refractivity (Wildman–Crippen MR) is 92.5 cm³/mol. The number of nitrogens with one attached hydrogen (secondary N) is 1. The quantitative estimate of drug-likeness (QED) is 0.686. The Morgan fingerprint density at radius 2 is 1.91 bits per heavy atom. The number of benzene rings is 1. The number of carbonyl (C=O) groups excluding carboxylic acids is 2. The SMILES string of the molecule is CC(C)C[C@H](NC(=O)C(C=S)CCc1ccccc1)C(N)=O. The van der Waals surface area contributed by atoms with E-state index in [0.29, 0.717) is 12.8 Å². The number of aryl methyl sites for hydroxylation is 1. The van der Waals surface area contributed by atoms with Crippen molar-refractivity contribution in [1.82, 2.24) is 5.32 Å². The molecule has 0 saturated carbocycles. The molecule has 1 rings (SSSR count). The minimum absolute atomic E-state index is 0.226. The molecule has 0 saturated heterocycles. The Kier molecular flexibility index (Phi) is 7.74. The van der Waals surface area contributed by atoms with Crippen LogP contribution in [0.2, 0.25) is 0 Å². The maximum Gasteiger partial charge on any atom is 0.240 e. The number of thiocarbonyl (C=S) groups is 1. The van der Waals surface area contributed by atoms with E-state index in [2.05, 4.69) is 5.32 Å². The normalized spacial score (nSPS) is 13.4. The zero-order valence-electron chi connectivity index (χ0n) is 13.1. The number of nitrogens with two attached hydrogens (primary N) is 1. The molecule has 3 N–H and O–H groups in total. The molecule has 1 aromatic carbocycles. The van der Waals surface area contributed by atoms with E-state index in [1.54, 1.807) is 0 Å². The van der Waals surface area contributed by atoms with E-state index >= 15 is 0 Å². The van der Waals surface area contributed by atoms with Crippen LogP contribution >= 0.6 is 12.2 Å². The Morgan fingerprint density at radius 3 is 2.41 bits per heavy atom. The van der Waals surface area contributed by atoms with Gasteiger partial charge in [0.25, 0.3) is 0 Å². The summed E-state index contributed by atoms with van der Waals surface area (Å²) in [6.07, 6.45) is 1.91. The molecule has 0 fully saturated rings. The molecule has 0 aliphatic carbocycles. The van der Waals surface area contributed by atoms with Gasteiger partial charge in [-0.1, -0.05) is 56.4 Å². The molecule has 0 spiro atoms. The van der Waals surface area contributed by atoms with Crippen LogP contribution in [0.15, 0.2) is 30.3 Å². The third kappa shape index (κ3) is 6.35. The average Bonchev–Trinajstić information content (AvgIpc) is 2.47. The first-order valence-corrected chi connectivity index (χ1v) is 8.00. The molecule has 4 nitrogen and oxygen atoms in total. The van der Waals surface area contributed by atoms with Crippen molar-refractivity contribution in [3.05, 3.63) is 35.9 Å². The lowest BCUT2D eigenvalue weighted by Gasteiger charge is -2.20. The van der Waals surface area contributed by atoms with Crippen LogP contribution < -0.4 is 11.1 Å². The smallest absolute Gasteiger partial charge is 0.240 e. The fraction of sp³-hybridized carbons (Fsp3) is 0.471. The Balaban J connectivity index is 2.59. The number of rotatable bonds is 9. The molecule has 5 heteroatoms. The summed E-state index contributed by atoms with van der Waals surface area (Å²) < 4.78 is 0. The molecule has 0 aromatic heterocycles. The van der Waals surface area contributed by atoms with Crippen molar-refractivity contribution in [3.8, 4) is 0 Å². The molecule has 120 valence electrons. The number of hydrogen-bond acceptors (Lipinski definition) is 3. The van der Waals surface area contributed by atoms with Crippen LogP contribution in [0.3, 0.4) is 0 Å². The highest BCUT2D eigenvalue weighted by Crippen LogP contribution is 2.11. The highest BCUT2D eigenvalue weighted by Gasteiger charge is 2.23. The number of amides is 2. The largest absolute Gasteiger partial charge is 0.368 e. The third-order valence-electron chi connectivity index (χ3n) is 3.45. The maximum absolute atomic E-state index is 12.3. The molecule has 0 aliphatic heterocycles. The lowest BCUT2D eigenvalue weighted by molar-refractivity contribution is -0.128. The summed E-state index contributed by atoms with van der Waals surface area (Å²) in [6, 6.07) is 9.28. The third-order valence-corrected chi connectivity index (χ3v) is 3.78. The van der Waals surface area contributed by atoms with Gasteiger partial charge in [0.1, 0.15) is 6.04 Å². The molecule has 2 atom stereocenters. The van der Waals surface area contributed by atoms with E-state index < -0.39 is 17.9 Å². The van der Waals surface area contributed by atoms with E-state index in [9.17, 15) is 9.59 Å². The average molecular weight is 320 g/mol. The zero-order chi connectivity index (χ0) is 16.5. The molecule has 1 aromatic rings. The van der Waals surface area contributed by atoms with E-state index in [4.69, 9.17) is 18.0 Å². The van der Waals surface area contributed by atoms with Gasteiger partial charge in [-0.25, -0.2) is 0 Å². The second kappa shape index (κ2) is 9.30. The van der Waals surface area contributed by atoms with Crippen molar-refractivity contribution in [2.24, 2.45) is 17.6 Å². The van der Waals surface area contributed by atoms with Crippen molar-refractivity contribution in [1.29, 1.82) is 0 Å². The molecule has 0 aliphatic rings. The maximum atomic E-state index is 12.3. The monoisotopic (exact) mass is 320 g/mol. The molecule has 22 heavy (non-hydrogen) atoms. The van der Waals surface area contributed by atoms with Crippen molar-refractivity contribution in [3.63, 3.8) is 0 Å². The van der Waals surface area contributed by atoms with Gasteiger partial charge >= 0.3 is 0 Å². The van der Waals surface area contributed by atoms with Gasteiger partial charge in [-0.05, 0) is 36.1 Å².